The first-order valence-electron chi connectivity index (χ1n) is 3.21. The first-order chi connectivity index (χ1) is 5.09. The van der Waals surface area contributed by atoms with Gasteiger partial charge >= 0.3 is 5.97 Å². The van der Waals surface area contributed by atoms with E-state index in [1.165, 1.54) is 6.92 Å². The average Bonchev–Trinajstić information content (AvgIpc) is 1.90. The molecule has 0 saturated heterocycles. The topological polar surface area (TPSA) is 84.9 Å². The Hall–Kier alpha value is -1.37. The largest absolute Gasteiger partial charge is 0.477 e. The molecule has 0 unspecified atom stereocenters. The number of carbonyl (C=O) groups is 1. The third-order valence-corrected chi connectivity index (χ3v) is 0.758. The number of nitrogens with one attached hydrogen (secondary N) is 1. The Balaban J connectivity index is 0. The molecule has 4 nitrogen and oxygen atoms in total. The summed E-state index contributed by atoms with van der Waals surface area (Å²) in [5.74, 6) is -1.10. The van der Waals surface area contributed by atoms with E-state index in [0.717, 1.165) is 6.42 Å². The van der Waals surface area contributed by atoms with Gasteiger partial charge < -0.3 is 5.11 Å². The fourth-order valence-electron chi connectivity index (χ4n) is 0.357. The van der Waals surface area contributed by atoms with E-state index in [-0.39, 0.29) is 5.71 Å². The van der Waals surface area contributed by atoms with E-state index in [0.29, 0.717) is 6.42 Å². The number of nitriles is 1. The highest BCUT2D eigenvalue weighted by molar-refractivity contribution is 6.34. The van der Waals surface area contributed by atoms with Crippen molar-refractivity contribution in [3.8, 4) is 6.07 Å². The Labute approximate surface area is 66.0 Å². The van der Waals surface area contributed by atoms with Crippen LogP contribution in [0.15, 0.2) is 0 Å². The van der Waals surface area contributed by atoms with Crippen LogP contribution < -0.4 is 0 Å². The van der Waals surface area contributed by atoms with Crippen molar-refractivity contribution < 1.29 is 9.90 Å². The number of hydrogen-bond acceptors (Lipinski definition) is 3. The lowest BCUT2D eigenvalue weighted by Gasteiger charge is -1.89. The number of hydrogen-bond donors (Lipinski definition) is 2. The molecule has 0 aromatic rings. The fraction of sp³-hybridized carbons (Fsp3) is 0.571. The quantitative estimate of drug-likeness (QED) is 0.606. The maximum atomic E-state index is 9.86. The number of aliphatic carboxylic acids is 1. The summed E-state index contributed by atoms with van der Waals surface area (Å²) in [5.41, 5.74) is -0.201. The molecule has 0 saturated carbocycles. The molecule has 0 aliphatic heterocycles. The Morgan fingerprint density at radius 1 is 1.73 bits per heavy atom. The molecule has 0 aliphatic rings. The summed E-state index contributed by atoms with van der Waals surface area (Å²) in [5, 5.41) is 22.2. The van der Waals surface area contributed by atoms with Crippen LogP contribution in [0, 0.1) is 16.7 Å². The van der Waals surface area contributed by atoms with E-state index in [9.17, 15) is 4.79 Å². The van der Waals surface area contributed by atoms with Crippen LogP contribution >= 0.6 is 0 Å². The van der Waals surface area contributed by atoms with E-state index >= 15 is 0 Å². The number of carboxylic acid groups (broad SMARTS) is 1. The smallest absolute Gasteiger partial charge is 0.349 e. The lowest BCUT2D eigenvalue weighted by molar-refractivity contribution is -0.129. The highest BCUT2D eigenvalue weighted by Gasteiger charge is 2.02. The summed E-state index contributed by atoms with van der Waals surface area (Å²) in [6.45, 7) is 3.28. The van der Waals surface area contributed by atoms with E-state index in [1.807, 2.05) is 6.92 Å². The minimum absolute atomic E-state index is 0.201. The zero-order valence-electron chi connectivity index (χ0n) is 6.72. The van der Waals surface area contributed by atoms with Crippen molar-refractivity contribution in [2.75, 3.05) is 0 Å². The van der Waals surface area contributed by atoms with Crippen LogP contribution in [0.2, 0.25) is 0 Å². The molecule has 11 heavy (non-hydrogen) atoms. The molecule has 0 spiro atoms. The van der Waals surface area contributed by atoms with Crippen LogP contribution in [-0.4, -0.2) is 16.8 Å². The van der Waals surface area contributed by atoms with Gasteiger partial charge in [0.1, 0.15) is 5.71 Å². The lowest BCUT2D eigenvalue weighted by Crippen LogP contribution is -2.09. The molecule has 0 atom stereocenters. The van der Waals surface area contributed by atoms with E-state index in [4.69, 9.17) is 15.8 Å². The van der Waals surface area contributed by atoms with Gasteiger partial charge in [0.2, 0.25) is 0 Å². The summed E-state index contributed by atoms with van der Waals surface area (Å²) in [6.07, 6.45) is 1.10. The van der Waals surface area contributed by atoms with Crippen LogP contribution in [-0.2, 0) is 4.79 Å². The molecule has 62 valence electrons. The molecule has 0 amide bonds. The highest BCUT2D eigenvalue weighted by atomic mass is 16.4. The van der Waals surface area contributed by atoms with Crippen molar-refractivity contribution in [3.05, 3.63) is 0 Å². The molecule has 0 heterocycles. The predicted molar refractivity (Wildman–Crippen MR) is 41.6 cm³/mol. The van der Waals surface area contributed by atoms with Crippen molar-refractivity contribution in [2.45, 2.75) is 26.7 Å². The number of nitrogens with zero attached hydrogens (tertiary/aromatic N) is 1. The molecule has 0 bridgehead atoms. The highest BCUT2D eigenvalue weighted by Crippen LogP contribution is 1.87. The molecule has 2 N–H and O–H groups in total. The molecular formula is C7H12N2O2. The standard InChI is InChI=1S/C5H9NO2.C2H3N/c1-2-3-4(6)5(7)8;1-2-3/h6H,2-3H2,1H3,(H,7,8);1H3. The van der Waals surface area contributed by atoms with Gasteiger partial charge in [-0.05, 0) is 6.42 Å². The minimum atomic E-state index is -1.10. The van der Waals surface area contributed by atoms with Gasteiger partial charge in [-0.2, -0.15) is 5.26 Å². The van der Waals surface area contributed by atoms with Gasteiger partial charge in [-0.15, -0.1) is 0 Å². The van der Waals surface area contributed by atoms with Gasteiger partial charge in [0.25, 0.3) is 0 Å². The normalized spacial score (nSPS) is 7.00. The average molecular weight is 156 g/mol. The van der Waals surface area contributed by atoms with E-state index in [1.54, 1.807) is 6.07 Å². The molecule has 0 aliphatic carbocycles. The van der Waals surface area contributed by atoms with Crippen LogP contribution in [0.5, 0.6) is 0 Å². The van der Waals surface area contributed by atoms with Gasteiger partial charge in [-0.1, -0.05) is 13.3 Å². The minimum Gasteiger partial charge on any atom is -0.477 e. The third-order valence-electron chi connectivity index (χ3n) is 0.758. The van der Waals surface area contributed by atoms with Gasteiger partial charge in [0, 0.05) is 6.92 Å². The van der Waals surface area contributed by atoms with Crippen LogP contribution in [0.1, 0.15) is 26.7 Å². The summed E-state index contributed by atoms with van der Waals surface area (Å²) in [6, 6.07) is 1.75. The first kappa shape index (κ1) is 12.3. The summed E-state index contributed by atoms with van der Waals surface area (Å²) in [7, 11) is 0. The zero-order valence-corrected chi connectivity index (χ0v) is 6.72. The Bertz CT molecular complexity index is 170. The lowest BCUT2D eigenvalue weighted by atomic mass is 10.2. The monoisotopic (exact) mass is 156 g/mol. The van der Waals surface area contributed by atoms with Crippen molar-refractivity contribution in [2.24, 2.45) is 0 Å². The second kappa shape index (κ2) is 8.63. The summed E-state index contributed by atoms with van der Waals surface area (Å²) >= 11 is 0. The van der Waals surface area contributed by atoms with Crippen molar-refractivity contribution >= 4 is 11.7 Å². The molecule has 0 rings (SSSR count). The van der Waals surface area contributed by atoms with Crippen molar-refractivity contribution in [1.82, 2.24) is 0 Å². The van der Waals surface area contributed by atoms with Crippen LogP contribution in [0.25, 0.3) is 0 Å². The maximum absolute atomic E-state index is 9.86. The summed E-state index contributed by atoms with van der Waals surface area (Å²) < 4.78 is 0. The van der Waals surface area contributed by atoms with E-state index in [2.05, 4.69) is 0 Å². The third kappa shape index (κ3) is 12.0. The molecule has 0 aromatic heterocycles. The van der Waals surface area contributed by atoms with Crippen LogP contribution in [0.3, 0.4) is 0 Å². The first-order valence-corrected chi connectivity index (χ1v) is 3.21. The number of rotatable bonds is 3. The molecule has 0 fully saturated rings. The molecule has 0 aromatic carbocycles. The predicted octanol–water partition coefficient (Wildman–Crippen LogP) is 1.42. The van der Waals surface area contributed by atoms with Crippen molar-refractivity contribution in [3.63, 3.8) is 0 Å². The second-order valence-electron chi connectivity index (χ2n) is 1.76. The van der Waals surface area contributed by atoms with E-state index < -0.39 is 5.97 Å². The number of carboxylic acids is 1. The Morgan fingerprint density at radius 3 is 2.18 bits per heavy atom. The van der Waals surface area contributed by atoms with Gasteiger partial charge in [0.15, 0.2) is 0 Å². The maximum Gasteiger partial charge on any atom is 0.349 e. The zero-order chi connectivity index (χ0) is 9.28. The van der Waals surface area contributed by atoms with Crippen molar-refractivity contribution in [1.29, 1.82) is 10.7 Å². The molecule has 0 radical (unpaired) electrons. The van der Waals surface area contributed by atoms with Gasteiger partial charge in [-0.25, -0.2) is 4.79 Å². The molecule has 4 heteroatoms. The van der Waals surface area contributed by atoms with Crippen LogP contribution in [0.4, 0.5) is 0 Å². The Morgan fingerprint density at radius 2 is 2.09 bits per heavy atom. The summed E-state index contributed by atoms with van der Waals surface area (Å²) in [4.78, 5) is 9.86. The van der Waals surface area contributed by atoms with Gasteiger partial charge in [-0.3, -0.25) is 5.41 Å². The Kier molecular flexibility index (Phi) is 9.67. The SMILES string of the molecule is CC#N.CCCC(=N)C(=O)O. The fourth-order valence-corrected chi connectivity index (χ4v) is 0.357. The molecular weight excluding hydrogens is 144 g/mol. The second-order valence-corrected chi connectivity index (χ2v) is 1.76. The van der Waals surface area contributed by atoms with Gasteiger partial charge in [0.05, 0.1) is 6.07 Å².